The van der Waals surface area contributed by atoms with Crippen molar-refractivity contribution in [3.8, 4) is 0 Å². The monoisotopic (exact) mass is 166 g/mol. The second-order valence-corrected chi connectivity index (χ2v) is 3.49. The molecule has 2 heteroatoms. The molecular formula is C10H18N2. The molecule has 2 nitrogen and oxygen atoms in total. The number of aliphatic imine (C=N–C) groups is 1. The fraction of sp³-hybridized carbons (Fsp3) is 0.700. The van der Waals surface area contributed by atoms with Gasteiger partial charge in [-0.25, -0.2) is 0 Å². The van der Waals surface area contributed by atoms with Gasteiger partial charge in [-0.2, -0.15) is 0 Å². The molecular weight excluding hydrogens is 148 g/mol. The molecule has 68 valence electrons. The number of rotatable bonds is 1. The third kappa shape index (κ3) is 3.07. The van der Waals surface area contributed by atoms with Crippen molar-refractivity contribution in [2.75, 3.05) is 6.54 Å². The maximum Gasteiger partial charge on any atom is 0.0581 e. The summed E-state index contributed by atoms with van der Waals surface area (Å²) in [5.41, 5.74) is 1.16. The Morgan fingerprint density at radius 3 is 3.00 bits per heavy atom. The predicted octanol–water partition coefficient (Wildman–Crippen LogP) is 2.33. The molecule has 0 fully saturated rings. The van der Waals surface area contributed by atoms with Crippen molar-refractivity contribution < 1.29 is 0 Å². The lowest BCUT2D eigenvalue weighted by molar-refractivity contribution is 0.704. The minimum absolute atomic E-state index is 0.520. The summed E-state index contributed by atoms with van der Waals surface area (Å²) >= 11 is 0. The molecule has 0 unspecified atom stereocenters. The smallest absolute Gasteiger partial charge is 0.0581 e. The van der Waals surface area contributed by atoms with E-state index in [1.807, 2.05) is 12.4 Å². The lowest BCUT2D eigenvalue weighted by atomic mass is 10.1. The van der Waals surface area contributed by atoms with E-state index >= 15 is 0 Å². The van der Waals surface area contributed by atoms with Gasteiger partial charge in [0.05, 0.1) is 5.70 Å². The summed E-state index contributed by atoms with van der Waals surface area (Å²) < 4.78 is 0. The molecule has 0 saturated carbocycles. The van der Waals surface area contributed by atoms with Crippen LogP contribution >= 0.6 is 0 Å². The summed E-state index contributed by atoms with van der Waals surface area (Å²) in [6.07, 6.45) is 7.70. The van der Waals surface area contributed by atoms with Crippen molar-refractivity contribution in [2.45, 2.75) is 33.1 Å². The molecule has 0 aromatic carbocycles. The Bertz CT molecular complexity index is 180. The molecule has 1 N–H and O–H groups in total. The highest BCUT2D eigenvalue weighted by atomic mass is 14.9. The molecule has 0 saturated heterocycles. The van der Waals surface area contributed by atoms with E-state index in [1.165, 1.54) is 12.8 Å². The van der Waals surface area contributed by atoms with E-state index in [0.717, 1.165) is 18.7 Å². The zero-order chi connectivity index (χ0) is 8.81. The first kappa shape index (κ1) is 9.30. The Hall–Kier alpha value is -0.790. The van der Waals surface area contributed by atoms with Crippen molar-refractivity contribution in [1.29, 1.82) is 0 Å². The van der Waals surface area contributed by atoms with Gasteiger partial charge in [0, 0.05) is 19.0 Å². The predicted molar refractivity (Wildman–Crippen MR) is 53.3 cm³/mol. The number of nitrogens with zero attached hydrogens (tertiary/aromatic N) is 1. The highest BCUT2D eigenvalue weighted by Gasteiger charge is 2.00. The maximum absolute atomic E-state index is 4.42. The maximum atomic E-state index is 4.42. The zero-order valence-corrected chi connectivity index (χ0v) is 8.01. The Kier molecular flexibility index (Phi) is 3.85. The molecule has 1 aliphatic rings. The van der Waals surface area contributed by atoms with E-state index in [1.54, 1.807) is 0 Å². The summed E-state index contributed by atoms with van der Waals surface area (Å²) in [5.74, 6) is 0.520. The van der Waals surface area contributed by atoms with E-state index in [9.17, 15) is 0 Å². The topological polar surface area (TPSA) is 24.4 Å². The van der Waals surface area contributed by atoms with Gasteiger partial charge in [0.25, 0.3) is 0 Å². The molecule has 0 bridgehead atoms. The summed E-state index contributed by atoms with van der Waals surface area (Å²) in [6, 6.07) is 0. The molecule has 0 radical (unpaired) electrons. The summed E-state index contributed by atoms with van der Waals surface area (Å²) in [6.45, 7) is 5.42. The standard InChI is InChI=1S/C10H18N2/c1-9(2)10-8-11-6-4-3-5-7-12-10/h7-9,11H,3-6H2,1-2H3. The molecule has 0 spiro atoms. The van der Waals surface area contributed by atoms with E-state index in [-0.39, 0.29) is 0 Å². The molecule has 0 aliphatic carbocycles. The SMILES string of the molecule is CC(C)C1=CNCCCCC=N1. The van der Waals surface area contributed by atoms with Crippen molar-refractivity contribution in [3.63, 3.8) is 0 Å². The van der Waals surface area contributed by atoms with Crippen LogP contribution < -0.4 is 5.32 Å². The summed E-state index contributed by atoms with van der Waals surface area (Å²) in [4.78, 5) is 4.42. The average molecular weight is 166 g/mol. The van der Waals surface area contributed by atoms with Gasteiger partial charge in [-0.3, -0.25) is 4.99 Å². The van der Waals surface area contributed by atoms with Crippen LogP contribution in [0, 0.1) is 5.92 Å². The molecule has 1 rings (SSSR count). The van der Waals surface area contributed by atoms with Gasteiger partial charge >= 0.3 is 0 Å². The number of allylic oxidation sites excluding steroid dienone is 1. The highest BCUT2D eigenvalue weighted by Crippen LogP contribution is 2.10. The van der Waals surface area contributed by atoms with Gasteiger partial charge < -0.3 is 5.32 Å². The minimum atomic E-state index is 0.520. The molecule has 12 heavy (non-hydrogen) atoms. The van der Waals surface area contributed by atoms with Gasteiger partial charge in [-0.05, 0) is 25.2 Å². The average Bonchev–Trinajstić information content (AvgIpc) is 2.15. The van der Waals surface area contributed by atoms with Gasteiger partial charge in [-0.15, -0.1) is 0 Å². The minimum Gasteiger partial charge on any atom is -0.389 e. The Labute approximate surface area is 74.8 Å². The van der Waals surface area contributed by atoms with Crippen LogP contribution in [0.25, 0.3) is 0 Å². The van der Waals surface area contributed by atoms with Crippen LogP contribution in [-0.4, -0.2) is 12.8 Å². The van der Waals surface area contributed by atoms with Gasteiger partial charge in [-0.1, -0.05) is 13.8 Å². The first-order chi connectivity index (χ1) is 5.80. The van der Waals surface area contributed by atoms with Crippen LogP contribution in [0.2, 0.25) is 0 Å². The molecule has 0 aromatic heterocycles. The normalized spacial score (nSPS) is 19.1. The third-order valence-corrected chi connectivity index (χ3v) is 1.99. The molecule has 1 heterocycles. The number of nitrogens with one attached hydrogen (secondary N) is 1. The molecule has 0 atom stereocenters. The quantitative estimate of drug-likeness (QED) is 0.635. The second kappa shape index (κ2) is 4.96. The Balaban J connectivity index is 2.58. The van der Waals surface area contributed by atoms with Crippen molar-refractivity contribution in [2.24, 2.45) is 10.9 Å². The Morgan fingerprint density at radius 2 is 2.25 bits per heavy atom. The van der Waals surface area contributed by atoms with E-state index < -0.39 is 0 Å². The van der Waals surface area contributed by atoms with Crippen LogP contribution in [-0.2, 0) is 0 Å². The van der Waals surface area contributed by atoms with Gasteiger partial charge in [0.15, 0.2) is 0 Å². The zero-order valence-electron chi connectivity index (χ0n) is 8.01. The molecule has 0 amide bonds. The summed E-state index contributed by atoms with van der Waals surface area (Å²) in [7, 11) is 0. The first-order valence-electron chi connectivity index (χ1n) is 4.76. The number of hydrogen-bond donors (Lipinski definition) is 1. The summed E-state index contributed by atoms with van der Waals surface area (Å²) in [5, 5.41) is 3.28. The van der Waals surface area contributed by atoms with E-state index in [0.29, 0.717) is 5.92 Å². The largest absolute Gasteiger partial charge is 0.389 e. The fourth-order valence-electron chi connectivity index (χ4n) is 1.16. The molecule has 0 aromatic rings. The second-order valence-electron chi connectivity index (χ2n) is 3.49. The van der Waals surface area contributed by atoms with E-state index in [2.05, 4.69) is 24.2 Å². The Morgan fingerprint density at radius 1 is 1.42 bits per heavy atom. The third-order valence-electron chi connectivity index (χ3n) is 1.99. The highest BCUT2D eigenvalue weighted by molar-refractivity contribution is 5.58. The van der Waals surface area contributed by atoms with Crippen LogP contribution in [0.5, 0.6) is 0 Å². The van der Waals surface area contributed by atoms with Crippen molar-refractivity contribution >= 4 is 6.21 Å². The van der Waals surface area contributed by atoms with Crippen LogP contribution in [0.3, 0.4) is 0 Å². The van der Waals surface area contributed by atoms with Gasteiger partial charge in [0.2, 0.25) is 0 Å². The van der Waals surface area contributed by atoms with Crippen LogP contribution in [0.4, 0.5) is 0 Å². The first-order valence-corrected chi connectivity index (χ1v) is 4.76. The van der Waals surface area contributed by atoms with Crippen LogP contribution in [0.1, 0.15) is 33.1 Å². The molecule has 1 aliphatic heterocycles. The lowest BCUT2D eigenvalue weighted by Gasteiger charge is -2.05. The van der Waals surface area contributed by atoms with Crippen molar-refractivity contribution in [1.82, 2.24) is 5.32 Å². The fourth-order valence-corrected chi connectivity index (χ4v) is 1.16. The van der Waals surface area contributed by atoms with Crippen molar-refractivity contribution in [3.05, 3.63) is 11.9 Å². The van der Waals surface area contributed by atoms with Crippen LogP contribution in [0.15, 0.2) is 16.9 Å². The van der Waals surface area contributed by atoms with E-state index in [4.69, 9.17) is 0 Å². The lowest BCUT2D eigenvalue weighted by Crippen LogP contribution is -2.08. The number of hydrogen-bond acceptors (Lipinski definition) is 2. The van der Waals surface area contributed by atoms with Gasteiger partial charge in [0.1, 0.15) is 0 Å².